The van der Waals surface area contributed by atoms with Crippen LogP contribution in [-0.2, 0) is 16.6 Å². The third-order valence-electron chi connectivity index (χ3n) is 11.2. The van der Waals surface area contributed by atoms with Gasteiger partial charge < -0.3 is 19.5 Å². The van der Waals surface area contributed by atoms with Gasteiger partial charge in [0.15, 0.2) is 17.3 Å². The number of carbonyl (C=O) groups is 2. The number of aliphatic hydroxyl groups excluding tert-OH is 1. The average molecular weight is 573 g/mol. The number of rotatable bonds is 11. The van der Waals surface area contributed by atoms with Crippen molar-refractivity contribution >= 4 is 11.7 Å². The Kier molecular flexibility index (Phi) is 7.30. The lowest BCUT2D eigenvalue weighted by Gasteiger charge is -2.60. The summed E-state index contributed by atoms with van der Waals surface area (Å²) in [6.07, 6.45) is 7.10. The monoisotopic (exact) mass is 572 g/mol. The number of Topliss-reactive ketones (excluding diaryl/α,β-unsaturated/α-hetero) is 1. The molecule has 0 aromatic heterocycles. The van der Waals surface area contributed by atoms with Crippen molar-refractivity contribution < 1.29 is 24.2 Å². The number of likely N-dealkylation sites (tertiary alicyclic amines) is 1. The lowest BCUT2D eigenvalue weighted by atomic mass is 9.51. The van der Waals surface area contributed by atoms with Gasteiger partial charge in [-0.25, -0.2) is 0 Å². The summed E-state index contributed by atoms with van der Waals surface area (Å²) >= 11 is 0. The van der Waals surface area contributed by atoms with Crippen LogP contribution >= 0.6 is 0 Å². The molecule has 7 atom stereocenters. The number of piperidine rings is 1. The third-order valence-corrected chi connectivity index (χ3v) is 11.2. The summed E-state index contributed by atoms with van der Waals surface area (Å²) in [6, 6.07) is 14.2. The highest BCUT2D eigenvalue weighted by Crippen LogP contribution is 2.64. The molecule has 1 spiro atoms. The van der Waals surface area contributed by atoms with E-state index >= 15 is 0 Å². The van der Waals surface area contributed by atoms with E-state index in [1.54, 1.807) is 7.11 Å². The van der Waals surface area contributed by atoms with Gasteiger partial charge in [0.2, 0.25) is 5.91 Å². The van der Waals surface area contributed by atoms with Gasteiger partial charge >= 0.3 is 0 Å². The zero-order valence-electron chi connectivity index (χ0n) is 25.0. The van der Waals surface area contributed by atoms with E-state index in [9.17, 15) is 14.7 Å². The number of unbranched alkanes of at least 4 members (excludes halogenated alkanes) is 1. The summed E-state index contributed by atoms with van der Waals surface area (Å²) in [4.78, 5) is 31.0. The number of amides is 1. The number of hydrogen-bond acceptors (Lipinski definition) is 6. The van der Waals surface area contributed by atoms with Crippen LogP contribution in [0.1, 0.15) is 79.8 Å². The van der Waals surface area contributed by atoms with Gasteiger partial charge in [-0.15, -0.1) is 0 Å². The SMILES string of the molecule is CCN(C(=O)CCCCC(=O)c1ccccc1)[C@@H]1CC[C@H]2[C@H]3Cc4ccc(OC)c5c4[C@@]2(CCN3CC2CC2O)[C@H]1O5. The molecule has 7 heteroatoms. The number of methoxy groups -OCH3 is 1. The largest absolute Gasteiger partial charge is 0.493 e. The molecule has 3 aliphatic carbocycles. The molecule has 2 bridgehead atoms. The van der Waals surface area contributed by atoms with Crippen LogP contribution in [-0.4, -0.2) is 77.6 Å². The molecule has 2 heterocycles. The molecule has 2 aromatic carbocycles. The topological polar surface area (TPSA) is 79.3 Å². The standard InChI is InChI=1S/C35H44N2O5/c1-3-37(31(40)12-8-7-11-28(38)22-9-5-4-6-10-22)26-15-14-25-27-19-23-13-16-30(41-2)33-32(23)35(25,34(26)42-33)17-18-36(27)21-24-20-29(24)39/h4-6,9-10,13,16,24-27,29,34,39H,3,7-8,11-12,14-15,17-21H2,1-2H3/t24?,25-,26+,27+,29?,34-,35-/m0/s1. The first kappa shape index (κ1) is 27.9. The lowest BCUT2D eigenvalue weighted by Crippen LogP contribution is -2.69. The van der Waals surface area contributed by atoms with Crippen molar-refractivity contribution in [3.05, 3.63) is 59.2 Å². The van der Waals surface area contributed by atoms with Crippen LogP contribution in [0, 0.1) is 11.8 Å². The average Bonchev–Trinajstić information content (AvgIpc) is 3.59. The minimum Gasteiger partial charge on any atom is -0.493 e. The minimum absolute atomic E-state index is 0.0187. The molecule has 3 fully saturated rings. The molecule has 1 N–H and O–H groups in total. The molecule has 7 rings (SSSR count). The first-order valence-electron chi connectivity index (χ1n) is 16.1. The predicted octanol–water partition coefficient (Wildman–Crippen LogP) is 4.78. The number of aliphatic hydroxyl groups is 1. The Balaban J connectivity index is 1.10. The van der Waals surface area contributed by atoms with Gasteiger partial charge in [-0.05, 0) is 76.0 Å². The molecule has 0 radical (unpaired) electrons. The van der Waals surface area contributed by atoms with Crippen molar-refractivity contribution in [1.82, 2.24) is 9.80 Å². The van der Waals surface area contributed by atoms with E-state index in [4.69, 9.17) is 9.47 Å². The highest BCUT2D eigenvalue weighted by Gasteiger charge is 2.66. The van der Waals surface area contributed by atoms with E-state index in [2.05, 4.69) is 28.9 Å². The van der Waals surface area contributed by atoms with Crippen molar-refractivity contribution in [2.24, 2.45) is 11.8 Å². The maximum Gasteiger partial charge on any atom is 0.222 e. The van der Waals surface area contributed by atoms with Gasteiger partial charge in [-0.1, -0.05) is 36.4 Å². The van der Waals surface area contributed by atoms with Crippen LogP contribution in [0.2, 0.25) is 0 Å². The quantitative estimate of drug-likeness (QED) is 0.309. The van der Waals surface area contributed by atoms with Crippen LogP contribution in [0.25, 0.3) is 0 Å². The fraction of sp³-hybridized carbons (Fsp3) is 0.600. The van der Waals surface area contributed by atoms with Crippen molar-refractivity contribution in [2.45, 2.75) is 94.4 Å². The second-order valence-electron chi connectivity index (χ2n) is 13.2. The highest BCUT2D eigenvalue weighted by molar-refractivity contribution is 5.95. The highest BCUT2D eigenvalue weighted by atomic mass is 16.5. The Bertz CT molecular complexity index is 1350. The number of likely N-dealkylation sites (N-methyl/N-ethyl adjacent to an activating group) is 1. The fourth-order valence-corrected chi connectivity index (χ4v) is 9.09. The Morgan fingerprint density at radius 3 is 2.64 bits per heavy atom. The van der Waals surface area contributed by atoms with Crippen molar-refractivity contribution in [2.75, 3.05) is 26.7 Å². The molecule has 2 aromatic rings. The molecule has 2 saturated carbocycles. The number of ether oxygens (including phenoxy) is 2. The minimum atomic E-state index is -0.133. The molecule has 224 valence electrons. The summed E-state index contributed by atoms with van der Waals surface area (Å²) in [6.45, 7) is 4.73. The van der Waals surface area contributed by atoms with Crippen molar-refractivity contribution in [3.8, 4) is 11.5 Å². The zero-order valence-corrected chi connectivity index (χ0v) is 25.0. The van der Waals surface area contributed by atoms with E-state index in [0.29, 0.717) is 50.1 Å². The van der Waals surface area contributed by atoms with Gasteiger partial charge in [0.1, 0.15) is 6.10 Å². The predicted molar refractivity (Wildman–Crippen MR) is 160 cm³/mol. The molecule has 5 aliphatic rings. The molecular weight excluding hydrogens is 528 g/mol. The summed E-state index contributed by atoms with van der Waals surface area (Å²) in [5.74, 6) is 2.91. The molecular formula is C35H44N2O5. The number of carbonyl (C=O) groups excluding carboxylic acids is 2. The fourth-order valence-electron chi connectivity index (χ4n) is 9.09. The van der Waals surface area contributed by atoms with Gasteiger partial charge in [-0.3, -0.25) is 14.5 Å². The summed E-state index contributed by atoms with van der Waals surface area (Å²) in [5.41, 5.74) is 3.35. The Hall–Kier alpha value is -2.90. The van der Waals surface area contributed by atoms with Crippen LogP contribution in [0.5, 0.6) is 11.5 Å². The van der Waals surface area contributed by atoms with Crippen LogP contribution in [0.3, 0.4) is 0 Å². The first-order chi connectivity index (χ1) is 20.5. The summed E-state index contributed by atoms with van der Waals surface area (Å²) in [7, 11) is 1.72. The third kappa shape index (κ3) is 4.46. The number of nitrogens with zero attached hydrogens (tertiary/aromatic N) is 2. The zero-order chi connectivity index (χ0) is 29.0. The number of benzene rings is 2. The second kappa shape index (κ2) is 11.0. The van der Waals surface area contributed by atoms with Crippen molar-refractivity contribution in [3.63, 3.8) is 0 Å². The van der Waals surface area contributed by atoms with Gasteiger partial charge in [0, 0.05) is 54.4 Å². The lowest BCUT2D eigenvalue weighted by molar-refractivity contribution is -0.142. The molecule has 2 unspecified atom stereocenters. The number of hydrogen-bond donors (Lipinski definition) is 1. The van der Waals surface area contributed by atoms with Gasteiger partial charge in [0.25, 0.3) is 0 Å². The summed E-state index contributed by atoms with van der Waals surface area (Å²) in [5, 5.41) is 10.1. The Morgan fingerprint density at radius 2 is 1.90 bits per heavy atom. The van der Waals surface area contributed by atoms with Gasteiger partial charge in [-0.2, -0.15) is 0 Å². The normalized spacial score (nSPS) is 32.1. The van der Waals surface area contributed by atoms with Crippen LogP contribution in [0.4, 0.5) is 0 Å². The molecule has 1 saturated heterocycles. The second-order valence-corrected chi connectivity index (χ2v) is 13.2. The molecule has 42 heavy (non-hydrogen) atoms. The van der Waals surface area contributed by atoms with E-state index < -0.39 is 0 Å². The first-order valence-corrected chi connectivity index (χ1v) is 16.1. The maximum atomic E-state index is 13.7. The van der Waals surface area contributed by atoms with E-state index in [-0.39, 0.29) is 35.4 Å². The number of ketones is 1. The van der Waals surface area contributed by atoms with Gasteiger partial charge in [0.05, 0.1) is 19.3 Å². The van der Waals surface area contributed by atoms with Crippen molar-refractivity contribution in [1.29, 1.82) is 0 Å². The smallest absolute Gasteiger partial charge is 0.222 e. The maximum absolute atomic E-state index is 13.7. The Morgan fingerprint density at radius 1 is 1.12 bits per heavy atom. The van der Waals surface area contributed by atoms with E-state index in [1.165, 1.54) is 11.1 Å². The van der Waals surface area contributed by atoms with E-state index in [1.807, 2.05) is 30.3 Å². The Labute approximate surface area is 249 Å². The molecule has 2 aliphatic heterocycles. The van der Waals surface area contributed by atoms with E-state index in [0.717, 1.165) is 62.3 Å². The molecule has 7 nitrogen and oxygen atoms in total. The molecule has 1 amide bonds. The van der Waals surface area contributed by atoms with Crippen LogP contribution < -0.4 is 9.47 Å². The van der Waals surface area contributed by atoms with Crippen LogP contribution in [0.15, 0.2) is 42.5 Å². The summed E-state index contributed by atoms with van der Waals surface area (Å²) < 4.78 is 12.8.